The topological polar surface area (TPSA) is 49.8 Å². The van der Waals surface area contributed by atoms with Gasteiger partial charge in [0.05, 0.1) is 12.5 Å². The maximum Gasteiger partial charge on any atom is 0.304 e. The molecule has 102 valence electrons. The Morgan fingerprint density at radius 1 is 1.24 bits per heavy atom. The summed E-state index contributed by atoms with van der Waals surface area (Å²) in [5, 5.41) is 8.68. The highest BCUT2D eigenvalue weighted by atomic mass is 16.5. The lowest BCUT2D eigenvalue weighted by atomic mass is 10.2. The van der Waals surface area contributed by atoms with Crippen LogP contribution in [-0.4, -0.2) is 48.3 Å². The lowest BCUT2D eigenvalue weighted by Gasteiger charge is -2.21. The molecule has 0 aromatic carbocycles. The fraction of sp³-hybridized carbons (Fsp3) is 0.923. The summed E-state index contributed by atoms with van der Waals surface area (Å²) in [6, 6.07) is 0. The lowest BCUT2D eigenvalue weighted by Crippen LogP contribution is -2.29. The molecule has 0 saturated heterocycles. The van der Waals surface area contributed by atoms with Gasteiger partial charge in [-0.25, -0.2) is 0 Å². The molecule has 4 nitrogen and oxygen atoms in total. The molecule has 0 amide bonds. The van der Waals surface area contributed by atoms with Gasteiger partial charge in [0.1, 0.15) is 0 Å². The molecule has 0 radical (unpaired) electrons. The zero-order valence-corrected chi connectivity index (χ0v) is 11.4. The SMILES string of the molecule is CCCCN(CCCOC(C)C)CCC(=O)O. The summed E-state index contributed by atoms with van der Waals surface area (Å²) in [6.07, 6.45) is 3.76. The second-order valence-corrected chi connectivity index (χ2v) is 4.61. The van der Waals surface area contributed by atoms with E-state index in [1.807, 2.05) is 13.8 Å². The summed E-state index contributed by atoms with van der Waals surface area (Å²) >= 11 is 0. The molecule has 17 heavy (non-hydrogen) atoms. The minimum atomic E-state index is -0.718. The quantitative estimate of drug-likeness (QED) is 0.568. The van der Waals surface area contributed by atoms with Gasteiger partial charge in [-0.1, -0.05) is 13.3 Å². The van der Waals surface area contributed by atoms with E-state index in [0.717, 1.165) is 39.0 Å². The van der Waals surface area contributed by atoms with E-state index in [-0.39, 0.29) is 12.5 Å². The average Bonchev–Trinajstić information content (AvgIpc) is 2.26. The van der Waals surface area contributed by atoms with E-state index in [2.05, 4.69) is 11.8 Å². The monoisotopic (exact) mass is 245 g/mol. The zero-order valence-electron chi connectivity index (χ0n) is 11.4. The average molecular weight is 245 g/mol. The molecule has 0 saturated carbocycles. The molecule has 0 bridgehead atoms. The fourth-order valence-corrected chi connectivity index (χ4v) is 1.58. The highest BCUT2D eigenvalue weighted by Gasteiger charge is 2.07. The van der Waals surface area contributed by atoms with E-state index in [1.54, 1.807) is 0 Å². The predicted octanol–water partition coefficient (Wildman–Crippen LogP) is 2.38. The molecule has 0 unspecified atom stereocenters. The first-order valence-electron chi connectivity index (χ1n) is 6.62. The van der Waals surface area contributed by atoms with Gasteiger partial charge >= 0.3 is 5.97 Å². The highest BCUT2D eigenvalue weighted by molar-refractivity contribution is 5.66. The van der Waals surface area contributed by atoms with Crippen LogP contribution in [-0.2, 0) is 9.53 Å². The molecule has 0 atom stereocenters. The van der Waals surface area contributed by atoms with Gasteiger partial charge in [0.15, 0.2) is 0 Å². The van der Waals surface area contributed by atoms with Crippen molar-refractivity contribution in [2.75, 3.05) is 26.2 Å². The number of carboxylic acids is 1. The number of hydrogen-bond acceptors (Lipinski definition) is 3. The first kappa shape index (κ1) is 16.4. The van der Waals surface area contributed by atoms with Crippen LogP contribution in [0, 0.1) is 0 Å². The van der Waals surface area contributed by atoms with Gasteiger partial charge in [0.2, 0.25) is 0 Å². The van der Waals surface area contributed by atoms with E-state index >= 15 is 0 Å². The Hall–Kier alpha value is -0.610. The van der Waals surface area contributed by atoms with Crippen LogP contribution in [0.4, 0.5) is 0 Å². The number of carboxylic acid groups (broad SMARTS) is 1. The normalized spacial score (nSPS) is 11.4. The number of hydrogen-bond donors (Lipinski definition) is 1. The van der Waals surface area contributed by atoms with Crippen LogP contribution < -0.4 is 0 Å². The fourth-order valence-electron chi connectivity index (χ4n) is 1.58. The van der Waals surface area contributed by atoms with E-state index < -0.39 is 5.97 Å². The number of unbranched alkanes of at least 4 members (excludes halogenated alkanes) is 1. The van der Waals surface area contributed by atoms with Gasteiger partial charge in [-0.15, -0.1) is 0 Å². The van der Waals surface area contributed by atoms with Crippen molar-refractivity contribution in [2.24, 2.45) is 0 Å². The van der Waals surface area contributed by atoms with E-state index in [4.69, 9.17) is 9.84 Å². The van der Waals surface area contributed by atoms with Crippen LogP contribution in [0.25, 0.3) is 0 Å². The van der Waals surface area contributed by atoms with Crippen molar-refractivity contribution in [2.45, 2.75) is 52.6 Å². The Labute approximate surface area is 105 Å². The Morgan fingerprint density at radius 3 is 2.41 bits per heavy atom. The molecule has 0 aliphatic rings. The molecule has 0 fully saturated rings. The van der Waals surface area contributed by atoms with Crippen molar-refractivity contribution in [3.63, 3.8) is 0 Å². The van der Waals surface area contributed by atoms with Crippen LogP contribution in [0.1, 0.15) is 46.5 Å². The number of carbonyl (C=O) groups is 1. The summed E-state index contributed by atoms with van der Waals surface area (Å²) in [4.78, 5) is 12.8. The molecule has 0 heterocycles. The van der Waals surface area contributed by atoms with Crippen molar-refractivity contribution < 1.29 is 14.6 Å². The van der Waals surface area contributed by atoms with Gasteiger partial charge in [0.25, 0.3) is 0 Å². The Morgan fingerprint density at radius 2 is 1.88 bits per heavy atom. The standard InChI is InChI=1S/C13H27NO3/c1-4-5-8-14(10-7-13(15)16)9-6-11-17-12(2)3/h12H,4-11H2,1-3H3,(H,15,16). The molecule has 0 aromatic heterocycles. The molecule has 4 heteroatoms. The highest BCUT2D eigenvalue weighted by Crippen LogP contribution is 2.00. The van der Waals surface area contributed by atoms with Crippen molar-refractivity contribution >= 4 is 5.97 Å². The van der Waals surface area contributed by atoms with Crippen molar-refractivity contribution in [3.8, 4) is 0 Å². The van der Waals surface area contributed by atoms with Gasteiger partial charge in [-0.2, -0.15) is 0 Å². The Bertz CT molecular complexity index is 195. The summed E-state index contributed by atoms with van der Waals surface area (Å²) in [7, 11) is 0. The van der Waals surface area contributed by atoms with Crippen LogP contribution in [0.5, 0.6) is 0 Å². The lowest BCUT2D eigenvalue weighted by molar-refractivity contribution is -0.137. The van der Waals surface area contributed by atoms with Gasteiger partial charge < -0.3 is 14.7 Å². The van der Waals surface area contributed by atoms with Gasteiger partial charge in [0, 0.05) is 19.7 Å². The third kappa shape index (κ3) is 11.6. The Balaban J connectivity index is 3.72. The molecule has 0 aliphatic heterocycles. The van der Waals surface area contributed by atoms with Crippen molar-refractivity contribution in [1.82, 2.24) is 4.90 Å². The van der Waals surface area contributed by atoms with Crippen molar-refractivity contribution in [1.29, 1.82) is 0 Å². The van der Waals surface area contributed by atoms with Crippen LogP contribution in [0.2, 0.25) is 0 Å². The van der Waals surface area contributed by atoms with E-state index in [9.17, 15) is 4.79 Å². The van der Waals surface area contributed by atoms with Gasteiger partial charge in [-0.05, 0) is 33.2 Å². The molecule has 1 N–H and O–H groups in total. The maximum absolute atomic E-state index is 10.5. The Kier molecular flexibility index (Phi) is 10.2. The third-order valence-corrected chi connectivity index (χ3v) is 2.54. The van der Waals surface area contributed by atoms with Crippen LogP contribution in [0.15, 0.2) is 0 Å². The summed E-state index contributed by atoms with van der Waals surface area (Å²) in [6.45, 7) is 9.53. The van der Waals surface area contributed by atoms with Gasteiger partial charge in [-0.3, -0.25) is 4.79 Å². The van der Waals surface area contributed by atoms with E-state index in [0.29, 0.717) is 6.54 Å². The predicted molar refractivity (Wildman–Crippen MR) is 69.3 cm³/mol. The second-order valence-electron chi connectivity index (χ2n) is 4.61. The summed E-state index contributed by atoms with van der Waals surface area (Å²) in [5.41, 5.74) is 0. The summed E-state index contributed by atoms with van der Waals surface area (Å²) < 4.78 is 5.48. The molecule has 0 spiro atoms. The molecule has 0 rings (SSSR count). The van der Waals surface area contributed by atoms with Crippen molar-refractivity contribution in [3.05, 3.63) is 0 Å². The van der Waals surface area contributed by atoms with Crippen LogP contribution >= 0.6 is 0 Å². The molecule has 0 aromatic rings. The zero-order chi connectivity index (χ0) is 13.1. The second kappa shape index (κ2) is 10.5. The first-order chi connectivity index (χ1) is 8.06. The number of aliphatic carboxylic acids is 1. The number of ether oxygens (including phenoxy) is 1. The first-order valence-corrected chi connectivity index (χ1v) is 6.62. The minimum absolute atomic E-state index is 0.231. The minimum Gasteiger partial charge on any atom is -0.481 e. The molecule has 0 aliphatic carbocycles. The number of rotatable bonds is 11. The van der Waals surface area contributed by atoms with Crippen LogP contribution in [0.3, 0.4) is 0 Å². The molecular formula is C13H27NO3. The smallest absolute Gasteiger partial charge is 0.304 e. The summed E-state index contributed by atoms with van der Waals surface area (Å²) in [5.74, 6) is -0.718. The molecular weight excluding hydrogens is 218 g/mol. The largest absolute Gasteiger partial charge is 0.481 e. The van der Waals surface area contributed by atoms with E-state index in [1.165, 1.54) is 0 Å². The number of nitrogens with zero attached hydrogens (tertiary/aromatic N) is 1. The third-order valence-electron chi connectivity index (χ3n) is 2.54. The maximum atomic E-state index is 10.5.